The zero-order valence-corrected chi connectivity index (χ0v) is 20.3. The summed E-state index contributed by atoms with van der Waals surface area (Å²) in [6.07, 6.45) is 0.713. The van der Waals surface area contributed by atoms with Crippen LogP contribution in [-0.4, -0.2) is 24.8 Å². The lowest BCUT2D eigenvalue weighted by Gasteiger charge is -2.23. The zero-order chi connectivity index (χ0) is 25.8. The fourth-order valence-electron chi connectivity index (χ4n) is 3.45. The monoisotopic (exact) mass is 477 g/mol. The maximum atomic E-state index is 12.6. The number of amides is 1. The number of benzene rings is 3. The van der Waals surface area contributed by atoms with E-state index in [9.17, 15) is 4.79 Å². The smallest absolute Gasteiger partial charge is 0.271 e. The predicted octanol–water partition coefficient (Wildman–Crippen LogP) is 5.81. The summed E-state index contributed by atoms with van der Waals surface area (Å²) in [5.41, 5.74) is 7.29. The third-order valence-corrected chi connectivity index (χ3v) is 5.40. The minimum absolute atomic E-state index is 0.254. The zero-order valence-electron chi connectivity index (χ0n) is 20.3. The summed E-state index contributed by atoms with van der Waals surface area (Å²) in [6, 6.07) is 26.4. The third kappa shape index (κ3) is 7.34. The van der Waals surface area contributed by atoms with Crippen molar-refractivity contribution in [1.29, 1.82) is 10.5 Å². The number of aryl methyl sites for hydroxylation is 2. The first-order valence-electron chi connectivity index (χ1n) is 11.5. The summed E-state index contributed by atoms with van der Waals surface area (Å²) in [7, 11) is 0. The summed E-state index contributed by atoms with van der Waals surface area (Å²) in [5.74, 6) is -0.100. The molecular weight excluding hydrogens is 450 g/mol. The van der Waals surface area contributed by atoms with Crippen molar-refractivity contribution in [3.8, 4) is 12.1 Å². The summed E-state index contributed by atoms with van der Waals surface area (Å²) >= 11 is 0. The van der Waals surface area contributed by atoms with Crippen molar-refractivity contribution in [1.82, 2.24) is 5.43 Å². The van der Waals surface area contributed by atoms with E-state index in [2.05, 4.69) is 32.9 Å². The number of azo groups is 1. The molecule has 36 heavy (non-hydrogen) atoms. The number of amidine groups is 1. The molecule has 0 heterocycles. The molecule has 0 aromatic heterocycles. The van der Waals surface area contributed by atoms with Gasteiger partial charge in [-0.1, -0.05) is 35.9 Å². The average Bonchev–Trinajstić information content (AvgIpc) is 2.90. The van der Waals surface area contributed by atoms with E-state index >= 15 is 0 Å². The van der Waals surface area contributed by atoms with Crippen LogP contribution in [0.1, 0.15) is 39.9 Å². The van der Waals surface area contributed by atoms with Crippen molar-refractivity contribution < 1.29 is 4.79 Å². The molecule has 0 radical (unpaired) electrons. The number of hydrogen-bond acceptors (Lipinski definition) is 6. The van der Waals surface area contributed by atoms with Gasteiger partial charge < -0.3 is 4.90 Å². The minimum atomic E-state index is -0.355. The fourth-order valence-corrected chi connectivity index (χ4v) is 3.45. The van der Waals surface area contributed by atoms with Gasteiger partial charge in [0, 0.05) is 29.9 Å². The van der Waals surface area contributed by atoms with Gasteiger partial charge in [0.25, 0.3) is 5.91 Å². The van der Waals surface area contributed by atoms with E-state index in [1.54, 1.807) is 24.3 Å². The molecule has 3 aromatic carbocycles. The summed E-state index contributed by atoms with van der Waals surface area (Å²) in [5, 5.41) is 31.0. The van der Waals surface area contributed by atoms with Crippen LogP contribution in [0.2, 0.25) is 0 Å². The molecule has 0 spiro atoms. The van der Waals surface area contributed by atoms with E-state index < -0.39 is 0 Å². The highest BCUT2D eigenvalue weighted by atomic mass is 16.2. The van der Waals surface area contributed by atoms with Gasteiger partial charge in [0.05, 0.1) is 30.7 Å². The Morgan fingerprint density at radius 1 is 0.917 bits per heavy atom. The molecule has 0 aliphatic rings. The van der Waals surface area contributed by atoms with Crippen LogP contribution in [0.25, 0.3) is 0 Å². The Kier molecular flexibility index (Phi) is 9.43. The number of carbonyl (C=O) groups is 1. The van der Waals surface area contributed by atoms with E-state index in [0.717, 1.165) is 16.8 Å². The van der Waals surface area contributed by atoms with Crippen LogP contribution in [0.15, 0.2) is 88.1 Å². The van der Waals surface area contributed by atoms with Crippen molar-refractivity contribution in [3.05, 3.63) is 95.1 Å². The average molecular weight is 478 g/mol. The molecular formula is C28H27N7O. The van der Waals surface area contributed by atoms with Gasteiger partial charge in [-0.05, 0) is 61.9 Å². The quantitative estimate of drug-likeness (QED) is 0.181. The van der Waals surface area contributed by atoms with E-state index in [0.29, 0.717) is 42.7 Å². The second-order valence-electron chi connectivity index (χ2n) is 8.08. The van der Waals surface area contributed by atoms with Crippen molar-refractivity contribution in [3.63, 3.8) is 0 Å². The van der Waals surface area contributed by atoms with Crippen LogP contribution in [0.3, 0.4) is 0 Å². The number of rotatable bonds is 9. The summed E-state index contributed by atoms with van der Waals surface area (Å²) in [6.45, 7) is 4.96. The Morgan fingerprint density at radius 2 is 1.58 bits per heavy atom. The molecule has 8 nitrogen and oxygen atoms in total. The fraction of sp³-hybridized carbons (Fsp3) is 0.214. The largest absolute Gasteiger partial charge is 0.369 e. The molecule has 1 N–H and O–H groups in total. The predicted molar refractivity (Wildman–Crippen MR) is 140 cm³/mol. The maximum absolute atomic E-state index is 12.6. The number of nitrogens with zero attached hydrogens (tertiary/aromatic N) is 6. The molecule has 0 atom stereocenters. The SMILES string of the molecule is Cc1ccc(N=N/C(=N\NC(=O)c2ccccc2)c2ccc(N(CCC#N)CCC#N)cc2C)cc1. The Labute approximate surface area is 211 Å². The first kappa shape index (κ1) is 25.8. The molecule has 8 heteroatoms. The molecule has 0 aliphatic carbocycles. The number of carbonyl (C=O) groups excluding carboxylic acids is 1. The van der Waals surface area contributed by atoms with Crippen molar-refractivity contribution in [2.45, 2.75) is 26.7 Å². The standard InChI is InChI=1S/C28H27N7O/c1-21-10-12-24(13-11-21)31-32-27(33-34-28(36)23-8-4-3-5-9-23)26-15-14-25(20-22(26)2)35(18-6-16-29)19-7-17-30/h3-5,8-15,20H,6-7,18-19H2,1-2H3,(H,34,36)/b32-31?,33-27-. The normalized spacial score (nSPS) is 11.1. The number of nitriles is 2. The molecule has 0 unspecified atom stereocenters. The van der Waals surface area contributed by atoms with Crippen LogP contribution in [0.4, 0.5) is 11.4 Å². The van der Waals surface area contributed by atoms with Gasteiger partial charge in [0.15, 0.2) is 0 Å². The van der Waals surface area contributed by atoms with Gasteiger partial charge in [-0.15, -0.1) is 15.3 Å². The topological polar surface area (TPSA) is 117 Å². The number of hydrogen-bond donors (Lipinski definition) is 1. The first-order valence-corrected chi connectivity index (χ1v) is 11.5. The van der Waals surface area contributed by atoms with Gasteiger partial charge in [0.1, 0.15) is 0 Å². The van der Waals surface area contributed by atoms with Crippen LogP contribution >= 0.6 is 0 Å². The van der Waals surface area contributed by atoms with Crippen LogP contribution in [0, 0.1) is 36.5 Å². The van der Waals surface area contributed by atoms with Gasteiger partial charge >= 0.3 is 0 Å². The summed E-state index contributed by atoms with van der Waals surface area (Å²) in [4.78, 5) is 14.6. The highest BCUT2D eigenvalue weighted by molar-refractivity contribution is 6.02. The van der Waals surface area contributed by atoms with Crippen molar-refractivity contribution >= 4 is 23.1 Å². The molecule has 1 amide bonds. The highest BCUT2D eigenvalue weighted by Gasteiger charge is 2.13. The summed E-state index contributed by atoms with van der Waals surface area (Å²) < 4.78 is 0. The van der Waals surface area contributed by atoms with Crippen LogP contribution < -0.4 is 10.3 Å². The van der Waals surface area contributed by atoms with Crippen molar-refractivity contribution in [2.75, 3.05) is 18.0 Å². The lowest BCUT2D eigenvalue weighted by molar-refractivity contribution is 0.0955. The maximum Gasteiger partial charge on any atom is 0.271 e. The lowest BCUT2D eigenvalue weighted by Crippen LogP contribution is -2.25. The van der Waals surface area contributed by atoms with Crippen LogP contribution in [0.5, 0.6) is 0 Å². The molecule has 0 fully saturated rings. The Hall–Kier alpha value is -4.82. The molecule has 0 saturated heterocycles. The van der Waals surface area contributed by atoms with E-state index in [1.807, 2.05) is 67.3 Å². The van der Waals surface area contributed by atoms with Crippen LogP contribution in [-0.2, 0) is 0 Å². The number of anilines is 1. The van der Waals surface area contributed by atoms with Gasteiger partial charge in [-0.3, -0.25) is 4.79 Å². The minimum Gasteiger partial charge on any atom is -0.369 e. The molecule has 3 rings (SSSR count). The van der Waals surface area contributed by atoms with E-state index in [-0.39, 0.29) is 11.7 Å². The second-order valence-corrected chi connectivity index (χ2v) is 8.08. The third-order valence-electron chi connectivity index (χ3n) is 5.40. The van der Waals surface area contributed by atoms with Crippen molar-refractivity contribution in [2.24, 2.45) is 15.3 Å². The molecule has 0 bridgehead atoms. The van der Waals surface area contributed by atoms with Gasteiger partial charge in [0.2, 0.25) is 5.84 Å². The highest BCUT2D eigenvalue weighted by Crippen LogP contribution is 2.22. The van der Waals surface area contributed by atoms with Gasteiger partial charge in [-0.25, -0.2) is 5.43 Å². The molecule has 3 aromatic rings. The van der Waals surface area contributed by atoms with E-state index in [4.69, 9.17) is 10.5 Å². The molecule has 0 aliphatic heterocycles. The molecule has 0 saturated carbocycles. The second kappa shape index (κ2) is 13.2. The number of nitrogens with one attached hydrogen (secondary N) is 1. The first-order chi connectivity index (χ1) is 17.5. The lowest BCUT2D eigenvalue weighted by atomic mass is 10.1. The van der Waals surface area contributed by atoms with Gasteiger partial charge in [-0.2, -0.15) is 10.5 Å². The van der Waals surface area contributed by atoms with E-state index in [1.165, 1.54) is 0 Å². The Balaban J connectivity index is 1.93. The Bertz CT molecular complexity index is 1300. The number of hydrazone groups is 1. The molecule has 180 valence electrons. The Morgan fingerprint density at radius 3 is 2.19 bits per heavy atom.